The molecule has 1 atom stereocenters. The van der Waals surface area contributed by atoms with Crippen molar-refractivity contribution in [3.05, 3.63) is 54.6 Å². The van der Waals surface area contributed by atoms with Crippen LogP contribution in [0.1, 0.15) is 6.92 Å². The Kier molecular flexibility index (Phi) is 6.29. The molecule has 0 saturated carbocycles. The molecule has 0 saturated heterocycles. The zero-order valence-electron chi connectivity index (χ0n) is 13.3. The predicted molar refractivity (Wildman–Crippen MR) is 88.0 cm³/mol. The Balaban J connectivity index is 1.74. The molecule has 2 aromatic carbocycles. The molecule has 2 rings (SSSR count). The predicted octanol–water partition coefficient (Wildman–Crippen LogP) is 2.66. The molecule has 122 valence electrons. The molecule has 5 heteroatoms. The van der Waals surface area contributed by atoms with Crippen molar-refractivity contribution in [2.75, 3.05) is 20.3 Å². The van der Waals surface area contributed by atoms with Gasteiger partial charge in [-0.3, -0.25) is 4.79 Å². The average Bonchev–Trinajstić information content (AvgIpc) is 2.60. The first kappa shape index (κ1) is 16.7. The standard InChI is InChI=1S/C18H21NO4/c1-14(23-17-11-7-6-10-16(17)21-2)18(20)19-12-13-22-15-8-4-3-5-9-15/h3-11,14H,12-13H2,1-2H3,(H,19,20). The molecule has 1 amide bonds. The van der Waals surface area contributed by atoms with E-state index in [0.717, 1.165) is 5.75 Å². The van der Waals surface area contributed by atoms with E-state index < -0.39 is 6.10 Å². The zero-order valence-corrected chi connectivity index (χ0v) is 13.3. The second-order valence-electron chi connectivity index (χ2n) is 4.86. The second-order valence-corrected chi connectivity index (χ2v) is 4.86. The van der Waals surface area contributed by atoms with Gasteiger partial charge in [-0.25, -0.2) is 0 Å². The molecule has 0 fully saturated rings. The molecule has 0 aliphatic rings. The number of ether oxygens (including phenoxy) is 3. The summed E-state index contributed by atoms with van der Waals surface area (Å²) in [6.45, 7) is 2.50. The van der Waals surface area contributed by atoms with Gasteiger partial charge in [-0.05, 0) is 31.2 Å². The third-order valence-electron chi connectivity index (χ3n) is 3.16. The maximum atomic E-state index is 12.0. The molecule has 1 N–H and O–H groups in total. The topological polar surface area (TPSA) is 56.8 Å². The van der Waals surface area contributed by atoms with Gasteiger partial charge in [0.05, 0.1) is 13.7 Å². The third kappa shape index (κ3) is 5.21. The number of hydrogen-bond donors (Lipinski definition) is 1. The fraction of sp³-hybridized carbons (Fsp3) is 0.278. The highest BCUT2D eigenvalue weighted by atomic mass is 16.5. The summed E-state index contributed by atoms with van der Waals surface area (Å²) in [4.78, 5) is 12.0. The number of nitrogens with one attached hydrogen (secondary N) is 1. The lowest BCUT2D eigenvalue weighted by molar-refractivity contribution is -0.127. The Labute approximate surface area is 136 Å². The van der Waals surface area contributed by atoms with Gasteiger partial charge < -0.3 is 19.5 Å². The largest absolute Gasteiger partial charge is 0.493 e. The van der Waals surface area contributed by atoms with E-state index in [0.29, 0.717) is 24.7 Å². The minimum absolute atomic E-state index is 0.201. The third-order valence-corrected chi connectivity index (χ3v) is 3.16. The number of benzene rings is 2. The lowest BCUT2D eigenvalue weighted by Crippen LogP contribution is -2.38. The molecule has 0 spiro atoms. The number of amides is 1. The molecule has 23 heavy (non-hydrogen) atoms. The first-order chi connectivity index (χ1) is 11.2. The lowest BCUT2D eigenvalue weighted by Gasteiger charge is -2.16. The van der Waals surface area contributed by atoms with Gasteiger partial charge in [-0.2, -0.15) is 0 Å². The molecule has 1 unspecified atom stereocenters. The summed E-state index contributed by atoms with van der Waals surface area (Å²) in [6.07, 6.45) is -0.622. The van der Waals surface area contributed by atoms with Crippen molar-refractivity contribution in [1.29, 1.82) is 0 Å². The molecule has 0 heterocycles. The SMILES string of the molecule is COc1ccccc1OC(C)C(=O)NCCOc1ccccc1. The minimum atomic E-state index is -0.622. The van der Waals surface area contributed by atoms with E-state index in [2.05, 4.69) is 5.32 Å². The summed E-state index contributed by atoms with van der Waals surface area (Å²) in [5, 5.41) is 2.78. The number of carbonyl (C=O) groups excluding carboxylic acids is 1. The molecule has 0 bridgehead atoms. The molecule has 2 aromatic rings. The van der Waals surface area contributed by atoms with Crippen molar-refractivity contribution in [3.63, 3.8) is 0 Å². The van der Waals surface area contributed by atoms with Gasteiger partial charge in [0.1, 0.15) is 12.4 Å². The van der Waals surface area contributed by atoms with E-state index in [4.69, 9.17) is 14.2 Å². The van der Waals surface area contributed by atoms with Crippen molar-refractivity contribution in [3.8, 4) is 17.2 Å². The first-order valence-corrected chi connectivity index (χ1v) is 7.46. The van der Waals surface area contributed by atoms with E-state index in [1.54, 1.807) is 26.2 Å². The monoisotopic (exact) mass is 315 g/mol. The number of para-hydroxylation sites is 3. The van der Waals surface area contributed by atoms with Gasteiger partial charge in [-0.1, -0.05) is 30.3 Å². The van der Waals surface area contributed by atoms with E-state index in [9.17, 15) is 4.79 Å². The van der Waals surface area contributed by atoms with Crippen LogP contribution in [0.4, 0.5) is 0 Å². The summed E-state index contributed by atoms with van der Waals surface area (Å²) in [5.74, 6) is 1.71. The molecule has 5 nitrogen and oxygen atoms in total. The Morgan fingerprint density at radius 3 is 2.39 bits per heavy atom. The lowest BCUT2D eigenvalue weighted by atomic mass is 10.3. The van der Waals surface area contributed by atoms with E-state index in [1.165, 1.54) is 0 Å². The van der Waals surface area contributed by atoms with Crippen molar-refractivity contribution in [1.82, 2.24) is 5.32 Å². The molecular weight excluding hydrogens is 294 g/mol. The second kappa shape index (κ2) is 8.68. The summed E-state index contributed by atoms with van der Waals surface area (Å²) in [6, 6.07) is 16.7. The Bertz CT molecular complexity index is 615. The highest BCUT2D eigenvalue weighted by molar-refractivity contribution is 5.80. The molecule has 0 radical (unpaired) electrons. The number of hydrogen-bond acceptors (Lipinski definition) is 4. The molecule has 0 aliphatic carbocycles. The maximum Gasteiger partial charge on any atom is 0.260 e. The van der Waals surface area contributed by atoms with Crippen molar-refractivity contribution in [2.24, 2.45) is 0 Å². The summed E-state index contributed by atoms with van der Waals surface area (Å²) < 4.78 is 16.3. The van der Waals surface area contributed by atoms with Crippen LogP contribution in [0.3, 0.4) is 0 Å². The Morgan fingerprint density at radius 1 is 1.04 bits per heavy atom. The van der Waals surface area contributed by atoms with Crippen LogP contribution >= 0.6 is 0 Å². The summed E-state index contributed by atoms with van der Waals surface area (Å²) >= 11 is 0. The van der Waals surface area contributed by atoms with Crippen LogP contribution in [0.2, 0.25) is 0 Å². The van der Waals surface area contributed by atoms with Crippen LogP contribution in [0.5, 0.6) is 17.2 Å². The van der Waals surface area contributed by atoms with Crippen molar-refractivity contribution >= 4 is 5.91 Å². The highest BCUT2D eigenvalue weighted by Gasteiger charge is 2.16. The van der Waals surface area contributed by atoms with E-state index >= 15 is 0 Å². The van der Waals surface area contributed by atoms with Gasteiger partial charge in [0.15, 0.2) is 17.6 Å². The number of rotatable bonds is 8. The normalized spacial score (nSPS) is 11.4. The van der Waals surface area contributed by atoms with Gasteiger partial charge in [0.2, 0.25) is 0 Å². The molecular formula is C18H21NO4. The van der Waals surface area contributed by atoms with Gasteiger partial charge in [0, 0.05) is 0 Å². The van der Waals surface area contributed by atoms with Crippen molar-refractivity contribution < 1.29 is 19.0 Å². The maximum absolute atomic E-state index is 12.0. The van der Waals surface area contributed by atoms with Gasteiger partial charge in [-0.15, -0.1) is 0 Å². The summed E-state index contributed by atoms with van der Waals surface area (Å²) in [5.41, 5.74) is 0. The van der Waals surface area contributed by atoms with Crippen LogP contribution in [0, 0.1) is 0 Å². The Hall–Kier alpha value is -2.69. The highest BCUT2D eigenvalue weighted by Crippen LogP contribution is 2.26. The van der Waals surface area contributed by atoms with Crippen LogP contribution in [0.15, 0.2) is 54.6 Å². The minimum Gasteiger partial charge on any atom is -0.493 e. The van der Waals surface area contributed by atoms with Crippen LogP contribution in [0.25, 0.3) is 0 Å². The molecule has 0 aliphatic heterocycles. The number of carbonyl (C=O) groups is 1. The van der Waals surface area contributed by atoms with Crippen LogP contribution in [-0.4, -0.2) is 32.3 Å². The van der Waals surface area contributed by atoms with Crippen LogP contribution in [-0.2, 0) is 4.79 Å². The van der Waals surface area contributed by atoms with E-state index in [-0.39, 0.29) is 5.91 Å². The quantitative estimate of drug-likeness (QED) is 0.761. The van der Waals surface area contributed by atoms with Gasteiger partial charge >= 0.3 is 0 Å². The fourth-order valence-corrected chi connectivity index (χ4v) is 1.96. The van der Waals surface area contributed by atoms with E-state index in [1.807, 2.05) is 42.5 Å². The zero-order chi connectivity index (χ0) is 16.5. The van der Waals surface area contributed by atoms with Crippen LogP contribution < -0.4 is 19.5 Å². The first-order valence-electron chi connectivity index (χ1n) is 7.46. The summed E-state index contributed by atoms with van der Waals surface area (Å²) in [7, 11) is 1.56. The Morgan fingerprint density at radius 2 is 1.70 bits per heavy atom. The molecule has 0 aromatic heterocycles. The van der Waals surface area contributed by atoms with Gasteiger partial charge in [0.25, 0.3) is 5.91 Å². The fourth-order valence-electron chi connectivity index (χ4n) is 1.96. The number of methoxy groups -OCH3 is 1. The van der Waals surface area contributed by atoms with Crippen molar-refractivity contribution in [2.45, 2.75) is 13.0 Å². The smallest absolute Gasteiger partial charge is 0.260 e. The average molecular weight is 315 g/mol.